The summed E-state index contributed by atoms with van der Waals surface area (Å²) < 4.78 is 5.40. The van der Waals surface area contributed by atoms with Crippen LogP contribution in [0, 0.1) is 6.92 Å². The van der Waals surface area contributed by atoms with Crippen molar-refractivity contribution in [2.45, 2.75) is 32.6 Å². The van der Waals surface area contributed by atoms with E-state index in [9.17, 15) is 0 Å². The molecule has 0 aliphatic carbocycles. The predicted molar refractivity (Wildman–Crippen MR) is 48.1 cm³/mol. The molecule has 0 aliphatic rings. The molecule has 68 valence electrons. The Bertz CT molecular complexity index is 215. The van der Waals surface area contributed by atoms with Crippen LogP contribution in [0.1, 0.15) is 30.8 Å². The zero-order valence-electron chi connectivity index (χ0n) is 7.55. The number of hydrogen-bond acceptors (Lipinski definition) is 2. The first-order valence-corrected chi connectivity index (χ1v) is 4.49. The molecule has 1 aromatic rings. The lowest BCUT2D eigenvalue weighted by Gasteiger charge is -1.95. The Morgan fingerprint density at radius 1 is 1.25 bits per heavy atom. The van der Waals surface area contributed by atoms with Crippen LogP contribution in [0.4, 0.5) is 0 Å². The molecule has 0 radical (unpaired) electrons. The van der Waals surface area contributed by atoms with Gasteiger partial charge in [0.15, 0.2) is 0 Å². The number of furan rings is 1. The third-order valence-electron chi connectivity index (χ3n) is 1.88. The summed E-state index contributed by atoms with van der Waals surface area (Å²) in [5.74, 6) is 2.04. The van der Waals surface area contributed by atoms with Crippen molar-refractivity contribution in [1.82, 2.24) is 0 Å². The number of rotatable bonds is 5. The molecular formula is C10H16O2. The molecule has 1 heterocycles. The van der Waals surface area contributed by atoms with Crippen molar-refractivity contribution in [3.05, 3.63) is 23.7 Å². The monoisotopic (exact) mass is 168 g/mol. The van der Waals surface area contributed by atoms with Crippen molar-refractivity contribution in [2.24, 2.45) is 0 Å². The maximum absolute atomic E-state index is 8.54. The summed E-state index contributed by atoms with van der Waals surface area (Å²) in [6.45, 7) is 2.26. The van der Waals surface area contributed by atoms with Crippen LogP contribution in [0.2, 0.25) is 0 Å². The molecule has 0 saturated carbocycles. The summed E-state index contributed by atoms with van der Waals surface area (Å²) in [5.41, 5.74) is 0. The smallest absolute Gasteiger partial charge is 0.104 e. The molecule has 0 atom stereocenters. The molecule has 0 saturated heterocycles. The first kappa shape index (κ1) is 9.33. The molecule has 0 fully saturated rings. The van der Waals surface area contributed by atoms with Gasteiger partial charge in [-0.1, -0.05) is 6.42 Å². The minimum Gasteiger partial charge on any atom is -0.466 e. The zero-order chi connectivity index (χ0) is 8.81. The maximum Gasteiger partial charge on any atom is 0.104 e. The summed E-state index contributed by atoms with van der Waals surface area (Å²) in [4.78, 5) is 0. The minimum atomic E-state index is 0.303. The van der Waals surface area contributed by atoms with Gasteiger partial charge in [-0.3, -0.25) is 0 Å². The highest BCUT2D eigenvalue weighted by atomic mass is 16.3. The quantitative estimate of drug-likeness (QED) is 0.684. The van der Waals surface area contributed by atoms with Gasteiger partial charge in [-0.2, -0.15) is 0 Å². The highest BCUT2D eigenvalue weighted by molar-refractivity contribution is 5.05. The lowest BCUT2D eigenvalue weighted by Crippen LogP contribution is -1.85. The van der Waals surface area contributed by atoms with E-state index in [0.29, 0.717) is 6.61 Å². The molecule has 0 aromatic carbocycles. The third kappa shape index (κ3) is 3.09. The fourth-order valence-electron chi connectivity index (χ4n) is 1.21. The topological polar surface area (TPSA) is 33.4 Å². The van der Waals surface area contributed by atoms with Crippen LogP contribution in [0.15, 0.2) is 16.5 Å². The second-order valence-corrected chi connectivity index (χ2v) is 3.05. The Labute approximate surface area is 73.2 Å². The fraction of sp³-hybridized carbons (Fsp3) is 0.600. The van der Waals surface area contributed by atoms with Crippen LogP contribution in [0.5, 0.6) is 0 Å². The molecule has 0 aliphatic heterocycles. The van der Waals surface area contributed by atoms with Crippen LogP contribution < -0.4 is 0 Å². The lowest BCUT2D eigenvalue weighted by atomic mass is 10.2. The molecule has 2 heteroatoms. The Morgan fingerprint density at radius 3 is 2.67 bits per heavy atom. The number of aryl methyl sites for hydroxylation is 2. The summed E-state index contributed by atoms with van der Waals surface area (Å²) in [6.07, 6.45) is 4.08. The van der Waals surface area contributed by atoms with Crippen LogP contribution in [-0.4, -0.2) is 11.7 Å². The first-order chi connectivity index (χ1) is 5.83. The van der Waals surface area contributed by atoms with E-state index in [1.165, 1.54) is 0 Å². The largest absolute Gasteiger partial charge is 0.466 e. The minimum absolute atomic E-state index is 0.303. The predicted octanol–water partition coefficient (Wildman–Crippen LogP) is 2.29. The van der Waals surface area contributed by atoms with Gasteiger partial charge in [0.05, 0.1) is 0 Å². The summed E-state index contributed by atoms with van der Waals surface area (Å²) in [7, 11) is 0. The first-order valence-electron chi connectivity index (χ1n) is 4.49. The van der Waals surface area contributed by atoms with Gasteiger partial charge in [-0.25, -0.2) is 0 Å². The second kappa shape index (κ2) is 4.99. The maximum atomic E-state index is 8.54. The number of aliphatic hydroxyl groups is 1. The van der Waals surface area contributed by atoms with Crippen LogP contribution >= 0.6 is 0 Å². The van der Waals surface area contributed by atoms with Gasteiger partial charge >= 0.3 is 0 Å². The summed E-state index contributed by atoms with van der Waals surface area (Å²) in [6, 6.07) is 4.01. The fourth-order valence-corrected chi connectivity index (χ4v) is 1.21. The third-order valence-corrected chi connectivity index (χ3v) is 1.88. The van der Waals surface area contributed by atoms with Crippen LogP contribution in [-0.2, 0) is 6.42 Å². The van der Waals surface area contributed by atoms with Crippen molar-refractivity contribution in [3.63, 3.8) is 0 Å². The van der Waals surface area contributed by atoms with Crippen molar-refractivity contribution in [1.29, 1.82) is 0 Å². The second-order valence-electron chi connectivity index (χ2n) is 3.05. The van der Waals surface area contributed by atoms with E-state index in [1.807, 2.05) is 19.1 Å². The van der Waals surface area contributed by atoms with E-state index in [1.54, 1.807) is 0 Å². The van der Waals surface area contributed by atoms with E-state index in [-0.39, 0.29) is 0 Å². The summed E-state index contributed by atoms with van der Waals surface area (Å²) >= 11 is 0. The molecule has 1 aromatic heterocycles. The van der Waals surface area contributed by atoms with Crippen LogP contribution in [0.25, 0.3) is 0 Å². The normalized spacial score (nSPS) is 10.5. The van der Waals surface area contributed by atoms with E-state index in [4.69, 9.17) is 9.52 Å². The number of hydrogen-bond donors (Lipinski definition) is 1. The average molecular weight is 168 g/mol. The van der Waals surface area contributed by atoms with Crippen molar-refractivity contribution in [2.75, 3.05) is 6.61 Å². The Morgan fingerprint density at radius 2 is 2.08 bits per heavy atom. The molecule has 0 amide bonds. The van der Waals surface area contributed by atoms with Gasteiger partial charge in [-0.15, -0.1) is 0 Å². The van der Waals surface area contributed by atoms with Crippen molar-refractivity contribution in [3.8, 4) is 0 Å². The molecule has 1 N–H and O–H groups in total. The van der Waals surface area contributed by atoms with Gasteiger partial charge in [0.2, 0.25) is 0 Å². The van der Waals surface area contributed by atoms with Crippen LogP contribution in [0.3, 0.4) is 0 Å². The molecule has 12 heavy (non-hydrogen) atoms. The van der Waals surface area contributed by atoms with E-state index >= 15 is 0 Å². The van der Waals surface area contributed by atoms with Crippen molar-refractivity contribution < 1.29 is 9.52 Å². The van der Waals surface area contributed by atoms with Gasteiger partial charge in [0.25, 0.3) is 0 Å². The zero-order valence-corrected chi connectivity index (χ0v) is 7.55. The Kier molecular flexibility index (Phi) is 3.88. The highest BCUT2D eigenvalue weighted by Gasteiger charge is 1.97. The van der Waals surface area contributed by atoms with Gasteiger partial charge < -0.3 is 9.52 Å². The van der Waals surface area contributed by atoms with Crippen molar-refractivity contribution >= 4 is 0 Å². The lowest BCUT2D eigenvalue weighted by molar-refractivity contribution is 0.282. The average Bonchev–Trinajstić information content (AvgIpc) is 2.45. The molecular weight excluding hydrogens is 152 g/mol. The molecule has 0 bridgehead atoms. The molecule has 2 nitrogen and oxygen atoms in total. The number of unbranched alkanes of at least 4 members (excludes halogenated alkanes) is 2. The van der Waals surface area contributed by atoms with E-state index < -0.39 is 0 Å². The number of aliphatic hydroxyl groups excluding tert-OH is 1. The van der Waals surface area contributed by atoms with Gasteiger partial charge in [-0.05, 0) is 31.9 Å². The van der Waals surface area contributed by atoms with E-state index in [2.05, 4.69) is 0 Å². The van der Waals surface area contributed by atoms with Gasteiger partial charge in [0, 0.05) is 13.0 Å². The molecule has 1 rings (SSSR count). The summed E-state index contributed by atoms with van der Waals surface area (Å²) in [5, 5.41) is 8.54. The molecule has 0 unspecified atom stereocenters. The van der Waals surface area contributed by atoms with Gasteiger partial charge in [0.1, 0.15) is 11.5 Å². The highest BCUT2D eigenvalue weighted by Crippen LogP contribution is 2.10. The Balaban J connectivity index is 2.15. The standard InChI is InChI=1S/C10H16O2/c1-9-6-7-10(12-9)5-3-2-4-8-11/h6-7,11H,2-5,8H2,1H3. The molecule has 0 spiro atoms. The Hall–Kier alpha value is -0.760. The van der Waals surface area contributed by atoms with E-state index in [0.717, 1.165) is 37.2 Å². The SMILES string of the molecule is Cc1ccc(CCCCCO)o1.